The van der Waals surface area contributed by atoms with Crippen molar-refractivity contribution in [2.75, 3.05) is 25.9 Å². The Hall–Kier alpha value is 0.270. The van der Waals surface area contributed by atoms with E-state index >= 15 is 0 Å². The Morgan fingerprint density at radius 1 is 1.00 bits per heavy atom. The normalized spacial score (nSPS) is 36.0. The SMILES string of the molecule is CSC1CCCN(CC2CCCCCC2O)CC1. The number of likely N-dealkylation sites (tertiary alicyclic amines) is 1. The summed E-state index contributed by atoms with van der Waals surface area (Å²) in [5, 5.41) is 11.1. The third-order valence-corrected chi connectivity index (χ3v) is 5.85. The maximum atomic E-state index is 10.2. The van der Waals surface area contributed by atoms with Gasteiger partial charge in [0.05, 0.1) is 6.10 Å². The van der Waals surface area contributed by atoms with Crippen LogP contribution in [-0.4, -0.2) is 47.3 Å². The topological polar surface area (TPSA) is 23.5 Å². The van der Waals surface area contributed by atoms with Gasteiger partial charge in [0.2, 0.25) is 0 Å². The lowest BCUT2D eigenvalue weighted by Gasteiger charge is -2.28. The van der Waals surface area contributed by atoms with Gasteiger partial charge in [0.25, 0.3) is 0 Å². The molecule has 0 radical (unpaired) electrons. The van der Waals surface area contributed by atoms with Crippen LogP contribution in [0.4, 0.5) is 0 Å². The van der Waals surface area contributed by atoms with Crippen molar-refractivity contribution in [3.63, 3.8) is 0 Å². The van der Waals surface area contributed by atoms with Crippen molar-refractivity contribution < 1.29 is 5.11 Å². The van der Waals surface area contributed by atoms with Gasteiger partial charge in [-0.3, -0.25) is 0 Å². The van der Waals surface area contributed by atoms with E-state index in [1.165, 1.54) is 58.0 Å². The van der Waals surface area contributed by atoms with E-state index in [0.717, 1.165) is 18.2 Å². The van der Waals surface area contributed by atoms with Gasteiger partial charge in [0.1, 0.15) is 0 Å². The second-order valence-corrected chi connectivity index (χ2v) is 7.19. The number of nitrogens with zero attached hydrogens (tertiary/aromatic N) is 1. The molecular weight excluding hydrogens is 242 g/mol. The largest absolute Gasteiger partial charge is 0.393 e. The first-order valence-corrected chi connectivity index (χ1v) is 9.01. The van der Waals surface area contributed by atoms with E-state index in [1.807, 2.05) is 11.8 Å². The van der Waals surface area contributed by atoms with Gasteiger partial charge in [-0.1, -0.05) is 19.3 Å². The van der Waals surface area contributed by atoms with Crippen LogP contribution in [0.5, 0.6) is 0 Å². The maximum absolute atomic E-state index is 10.2. The molecule has 1 saturated heterocycles. The van der Waals surface area contributed by atoms with Crippen LogP contribution in [0.1, 0.15) is 51.4 Å². The van der Waals surface area contributed by atoms with E-state index in [1.54, 1.807) is 0 Å². The summed E-state index contributed by atoms with van der Waals surface area (Å²) in [6.45, 7) is 3.64. The van der Waals surface area contributed by atoms with E-state index < -0.39 is 0 Å². The Bertz CT molecular complexity index is 237. The van der Waals surface area contributed by atoms with Gasteiger partial charge in [-0.2, -0.15) is 11.8 Å². The number of hydrogen-bond acceptors (Lipinski definition) is 3. The predicted octanol–water partition coefficient (Wildman–Crippen LogP) is 3.15. The Labute approximate surface area is 117 Å². The molecule has 1 aliphatic heterocycles. The van der Waals surface area contributed by atoms with E-state index in [0.29, 0.717) is 5.92 Å². The van der Waals surface area contributed by atoms with Gasteiger partial charge < -0.3 is 10.0 Å². The van der Waals surface area contributed by atoms with Crippen molar-refractivity contribution in [1.82, 2.24) is 4.90 Å². The van der Waals surface area contributed by atoms with E-state index in [4.69, 9.17) is 0 Å². The van der Waals surface area contributed by atoms with E-state index in [9.17, 15) is 5.11 Å². The molecule has 0 bridgehead atoms. The molecule has 2 nitrogen and oxygen atoms in total. The molecule has 0 amide bonds. The fraction of sp³-hybridized carbons (Fsp3) is 1.00. The molecule has 3 heteroatoms. The molecule has 3 atom stereocenters. The standard InChI is InChI=1S/C15H29NOS/c1-18-14-7-5-10-16(11-9-14)12-13-6-3-2-4-8-15(13)17/h13-15,17H,2-12H2,1H3. The third-order valence-electron chi connectivity index (χ3n) is 4.71. The quantitative estimate of drug-likeness (QED) is 0.798. The van der Waals surface area contributed by atoms with Crippen molar-refractivity contribution in [3.8, 4) is 0 Å². The fourth-order valence-corrected chi connectivity index (χ4v) is 4.20. The molecule has 2 rings (SSSR count). The monoisotopic (exact) mass is 271 g/mol. The lowest BCUT2D eigenvalue weighted by Crippen LogP contribution is -2.35. The number of thioether (sulfide) groups is 1. The molecule has 1 N–H and O–H groups in total. The van der Waals surface area contributed by atoms with Gasteiger partial charge in [-0.25, -0.2) is 0 Å². The van der Waals surface area contributed by atoms with E-state index in [-0.39, 0.29) is 6.10 Å². The molecule has 0 aromatic carbocycles. The number of hydrogen-bond donors (Lipinski definition) is 1. The predicted molar refractivity (Wildman–Crippen MR) is 80.2 cm³/mol. The molecule has 1 heterocycles. The van der Waals surface area contributed by atoms with Crippen LogP contribution in [-0.2, 0) is 0 Å². The average molecular weight is 271 g/mol. The molecular formula is C15H29NOS. The zero-order valence-electron chi connectivity index (χ0n) is 11.8. The summed E-state index contributed by atoms with van der Waals surface area (Å²) in [6.07, 6.45) is 12.4. The second kappa shape index (κ2) is 7.76. The lowest BCUT2D eigenvalue weighted by atomic mass is 9.96. The van der Waals surface area contributed by atoms with Gasteiger partial charge in [0.15, 0.2) is 0 Å². The minimum atomic E-state index is -0.0351. The first kappa shape index (κ1) is 14.7. The highest BCUT2D eigenvalue weighted by Crippen LogP contribution is 2.26. The zero-order valence-corrected chi connectivity index (χ0v) is 12.6. The summed E-state index contributed by atoms with van der Waals surface area (Å²) in [5.74, 6) is 0.540. The van der Waals surface area contributed by atoms with Crippen molar-refractivity contribution in [2.45, 2.75) is 62.7 Å². The number of rotatable bonds is 3. The van der Waals surface area contributed by atoms with Crippen molar-refractivity contribution in [3.05, 3.63) is 0 Å². The van der Waals surface area contributed by atoms with Crippen LogP contribution in [0.15, 0.2) is 0 Å². The molecule has 3 unspecified atom stereocenters. The lowest BCUT2D eigenvalue weighted by molar-refractivity contribution is 0.0742. The molecule has 0 aromatic rings. The van der Waals surface area contributed by atoms with Gasteiger partial charge in [-0.15, -0.1) is 0 Å². The first-order valence-electron chi connectivity index (χ1n) is 7.73. The highest BCUT2D eigenvalue weighted by molar-refractivity contribution is 7.99. The average Bonchev–Trinajstić information content (AvgIpc) is 2.72. The Morgan fingerprint density at radius 3 is 2.67 bits per heavy atom. The summed E-state index contributed by atoms with van der Waals surface area (Å²) in [6, 6.07) is 0. The minimum Gasteiger partial charge on any atom is -0.393 e. The number of aliphatic hydroxyl groups is 1. The fourth-order valence-electron chi connectivity index (χ4n) is 3.45. The Balaban J connectivity index is 1.80. The van der Waals surface area contributed by atoms with Crippen LogP contribution < -0.4 is 0 Å². The smallest absolute Gasteiger partial charge is 0.0580 e. The van der Waals surface area contributed by atoms with Crippen molar-refractivity contribution in [2.24, 2.45) is 5.92 Å². The van der Waals surface area contributed by atoms with Crippen LogP contribution in [0, 0.1) is 5.92 Å². The minimum absolute atomic E-state index is 0.0351. The van der Waals surface area contributed by atoms with Crippen molar-refractivity contribution in [1.29, 1.82) is 0 Å². The molecule has 18 heavy (non-hydrogen) atoms. The van der Waals surface area contributed by atoms with Crippen molar-refractivity contribution >= 4 is 11.8 Å². The summed E-state index contributed by atoms with van der Waals surface area (Å²) in [4.78, 5) is 2.62. The summed E-state index contributed by atoms with van der Waals surface area (Å²) >= 11 is 2.04. The van der Waals surface area contributed by atoms with Gasteiger partial charge in [-0.05, 0) is 57.4 Å². The molecule has 1 saturated carbocycles. The second-order valence-electron chi connectivity index (χ2n) is 6.05. The molecule has 106 valence electrons. The summed E-state index contributed by atoms with van der Waals surface area (Å²) in [5.41, 5.74) is 0. The summed E-state index contributed by atoms with van der Waals surface area (Å²) in [7, 11) is 0. The maximum Gasteiger partial charge on any atom is 0.0580 e. The van der Waals surface area contributed by atoms with Crippen LogP contribution >= 0.6 is 11.8 Å². The van der Waals surface area contributed by atoms with Gasteiger partial charge in [0, 0.05) is 11.8 Å². The molecule has 0 spiro atoms. The van der Waals surface area contributed by atoms with Crippen LogP contribution in [0.2, 0.25) is 0 Å². The molecule has 2 fully saturated rings. The van der Waals surface area contributed by atoms with Gasteiger partial charge >= 0.3 is 0 Å². The Morgan fingerprint density at radius 2 is 1.83 bits per heavy atom. The highest BCUT2D eigenvalue weighted by Gasteiger charge is 2.25. The number of aliphatic hydroxyl groups excluding tert-OH is 1. The highest BCUT2D eigenvalue weighted by atomic mass is 32.2. The molecule has 2 aliphatic rings. The van der Waals surface area contributed by atoms with Crippen LogP contribution in [0.25, 0.3) is 0 Å². The van der Waals surface area contributed by atoms with Crippen LogP contribution in [0.3, 0.4) is 0 Å². The third kappa shape index (κ3) is 4.43. The zero-order chi connectivity index (χ0) is 12.8. The molecule has 1 aliphatic carbocycles. The summed E-state index contributed by atoms with van der Waals surface area (Å²) < 4.78 is 0. The Kier molecular flexibility index (Phi) is 6.33. The first-order chi connectivity index (χ1) is 8.79. The van der Waals surface area contributed by atoms with E-state index in [2.05, 4.69) is 11.2 Å². The molecule has 0 aromatic heterocycles.